The summed E-state index contributed by atoms with van der Waals surface area (Å²) in [6.45, 7) is 3.60. The van der Waals surface area contributed by atoms with Gasteiger partial charge in [0, 0.05) is 57.8 Å². The molecule has 1 atom stereocenters. The number of guanidine groups is 1. The van der Waals surface area contributed by atoms with Crippen molar-refractivity contribution in [2.75, 3.05) is 26.7 Å². The molecule has 0 saturated carbocycles. The highest BCUT2D eigenvalue weighted by atomic mass is 127. The number of nitrogens with one attached hydrogen (secondary N) is 3. The summed E-state index contributed by atoms with van der Waals surface area (Å²) < 4.78 is 7.66. The van der Waals surface area contributed by atoms with Crippen molar-refractivity contribution in [1.82, 2.24) is 20.5 Å². The molecule has 1 amide bonds. The van der Waals surface area contributed by atoms with Crippen LogP contribution in [0.5, 0.6) is 0 Å². The van der Waals surface area contributed by atoms with Gasteiger partial charge < -0.3 is 25.3 Å². The molecule has 0 aliphatic carbocycles. The molecular formula is C21H30IN5O2. The first-order valence-electron chi connectivity index (χ1n) is 9.78. The van der Waals surface area contributed by atoms with E-state index in [1.54, 1.807) is 7.05 Å². The van der Waals surface area contributed by atoms with Gasteiger partial charge in [0.05, 0.1) is 6.10 Å². The highest BCUT2D eigenvalue weighted by Crippen LogP contribution is 2.11. The lowest BCUT2D eigenvalue weighted by atomic mass is 10.1. The van der Waals surface area contributed by atoms with E-state index in [1.165, 1.54) is 0 Å². The SMILES string of the molecule is CN=C(NCCn1cccc1)NCc1cccc(C(=O)NCC2CCCO2)c1.I. The topological polar surface area (TPSA) is 79.7 Å². The third-order valence-corrected chi connectivity index (χ3v) is 4.72. The van der Waals surface area contributed by atoms with E-state index in [9.17, 15) is 4.79 Å². The molecule has 2 heterocycles. The van der Waals surface area contributed by atoms with Crippen LogP contribution in [0.15, 0.2) is 53.8 Å². The van der Waals surface area contributed by atoms with Crippen LogP contribution in [0.4, 0.5) is 0 Å². The average molecular weight is 511 g/mol. The van der Waals surface area contributed by atoms with Gasteiger partial charge in [0.1, 0.15) is 0 Å². The molecule has 2 aromatic rings. The number of carbonyl (C=O) groups is 1. The van der Waals surface area contributed by atoms with Crippen molar-refractivity contribution in [3.63, 3.8) is 0 Å². The number of rotatable bonds is 8. The number of halogens is 1. The Kier molecular flexibility index (Phi) is 9.99. The van der Waals surface area contributed by atoms with Crippen LogP contribution in [-0.4, -0.2) is 49.3 Å². The minimum atomic E-state index is -0.0634. The Hall–Kier alpha value is -2.07. The zero-order valence-electron chi connectivity index (χ0n) is 16.8. The van der Waals surface area contributed by atoms with Crippen molar-refractivity contribution in [2.45, 2.75) is 32.0 Å². The first-order valence-corrected chi connectivity index (χ1v) is 9.78. The fourth-order valence-corrected chi connectivity index (χ4v) is 3.17. The van der Waals surface area contributed by atoms with Gasteiger partial charge in [0.25, 0.3) is 5.91 Å². The molecule has 8 heteroatoms. The lowest BCUT2D eigenvalue weighted by molar-refractivity contribution is 0.0857. The van der Waals surface area contributed by atoms with E-state index in [-0.39, 0.29) is 36.0 Å². The van der Waals surface area contributed by atoms with Gasteiger partial charge in [-0.05, 0) is 42.7 Å². The Labute approximate surface area is 189 Å². The molecule has 0 spiro atoms. The van der Waals surface area contributed by atoms with Gasteiger partial charge in [-0.25, -0.2) is 0 Å². The molecule has 1 aromatic carbocycles. The largest absolute Gasteiger partial charge is 0.376 e. The van der Waals surface area contributed by atoms with Gasteiger partial charge >= 0.3 is 0 Å². The highest BCUT2D eigenvalue weighted by molar-refractivity contribution is 14.0. The maximum atomic E-state index is 12.4. The molecule has 3 rings (SSSR count). The second kappa shape index (κ2) is 12.5. The average Bonchev–Trinajstić information content (AvgIpc) is 3.43. The standard InChI is InChI=1S/C21H29N5O2.HI/c1-22-21(23-9-12-26-10-2-3-11-26)25-15-17-6-4-7-18(14-17)20(27)24-16-19-8-5-13-28-19;/h2-4,6-7,10-11,14,19H,5,8-9,12-13,15-16H2,1H3,(H,24,27)(H2,22,23,25);1H. The van der Waals surface area contributed by atoms with Gasteiger partial charge in [-0.2, -0.15) is 0 Å². The van der Waals surface area contributed by atoms with E-state index < -0.39 is 0 Å². The molecular weight excluding hydrogens is 481 g/mol. The molecule has 29 heavy (non-hydrogen) atoms. The van der Waals surface area contributed by atoms with Gasteiger partial charge in [-0.3, -0.25) is 9.79 Å². The fraction of sp³-hybridized carbons (Fsp3) is 0.429. The number of benzene rings is 1. The second-order valence-corrected chi connectivity index (χ2v) is 6.82. The summed E-state index contributed by atoms with van der Waals surface area (Å²) in [4.78, 5) is 16.6. The molecule has 0 radical (unpaired) electrons. The zero-order chi connectivity index (χ0) is 19.6. The van der Waals surface area contributed by atoms with Crippen molar-refractivity contribution >= 4 is 35.8 Å². The van der Waals surface area contributed by atoms with Gasteiger partial charge in [0.2, 0.25) is 0 Å². The number of ether oxygens (including phenoxy) is 1. The third-order valence-electron chi connectivity index (χ3n) is 4.72. The van der Waals surface area contributed by atoms with E-state index in [1.807, 2.05) is 48.8 Å². The molecule has 1 aliphatic rings. The van der Waals surface area contributed by atoms with Crippen molar-refractivity contribution < 1.29 is 9.53 Å². The summed E-state index contributed by atoms with van der Waals surface area (Å²) in [5, 5.41) is 9.54. The normalized spacial score (nSPS) is 16.2. The maximum absolute atomic E-state index is 12.4. The zero-order valence-corrected chi connectivity index (χ0v) is 19.1. The minimum absolute atomic E-state index is 0. The molecule has 0 bridgehead atoms. The molecule has 1 aliphatic heterocycles. The molecule has 7 nitrogen and oxygen atoms in total. The van der Waals surface area contributed by atoms with Crippen LogP contribution in [0.3, 0.4) is 0 Å². The Morgan fingerprint density at radius 2 is 2.03 bits per heavy atom. The number of aromatic nitrogens is 1. The summed E-state index contributed by atoms with van der Waals surface area (Å²) in [6, 6.07) is 11.7. The van der Waals surface area contributed by atoms with E-state index in [4.69, 9.17) is 4.74 Å². The van der Waals surface area contributed by atoms with Crippen LogP contribution in [0, 0.1) is 0 Å². The van der Waals surface area contributed by atoms with E-state index >= 15 is 0 Å². The van der Waals surface area contributed by atoms with Crippen LogP contribution in [-0.2, 0) is 17.8 Å². The lowest BCUT2D eigenvalue weighted by Crippen LogP contribution is -2.38. The number of hydrogen-bond acceptors (Lipinski definition) is 3. The Bertz CT molecular complexity index is 773. The van der Waals surface area contributed by atoms with Crippen molar-refractivity contribution in [1.29, 1.82) is 0 Å². The second-order valence-electron chi connectivity index (χ2n) is 6.82. The van der Waals surface area contributed by atoms with Gasteiger partial charge in [-0.15, -0.1) is 24.0 Å². The maximum Gasteiger partial charge on any atom is 0.251 e. The summed E-state index contributed by atoms with van der Waals surface area (Å²) in [6.07, 6.45) is 6.30. The third kappa shape index (κ3) is 7.69. The van der Waals surface area contributed by atoms with Crippen molar-refractivity contribution in [3.05, 3.63) is 59.9 Å². The van der Waals surface area contributed by atoms with Gasteiger partial charge in [0.15, 0.2) is 5.96 Å². The lowest BCUT2D eigenvalue weighted by Gasteiger charge is -2.13. The van der Waals surface area contributed by atoms with Crippen LogP contribution >= 0.6 is 24.0 Å². The minimum Gasteiger partial charge on any atom is -0.376 e. The highest BCUT2D eigenvalue weighted by Gasteiger charge is 2.16. The summed E-state index contributed by atoms with van der Waals surface area (Å²) in [7, 11) is 1.75. The van der Waals surface area contributed by atoms with Crippen LogP contribution in [0.2, 0.25) is 0 Å². The summed E-state index contributed by atoms with van der Waals surface area (Å²) in [5.41, 5.74) is 1.69. The van der Waals surface area contributed by atoms with Crippen molar-refractivity contribution in [3.8, 4) is 0 Å². The van der Waals surface area contributed by atoms with Crippen LogP contribution in [0.25, 0.3) is 0 Å². The molecule has 1 fully saturated rings. The molecule has 1 unspecified atom stereocenters. The van der Waals surface area contributed by atoms with Crippen LogP contribution in [0.1, 0.15) is 28.8 Å². The monoisotopic (exact) mass is 511 g/mol. The Balaban J connectivity index is 0.00000300. The molecule has 1 saturated heterocycles. The van der Waals surface area contributed by atoms with E-state index in [0.717, 1.165) is 44.1 Å². The summed E-state index contributed by atoms with van der Waals surface area (Å²) >= 11 is 0. The molecule has 3 N–H and O–H groups in total. The first-order chi connectivity index (χ1) is 13.7. The van der Waals surface area contributed by atoms with E-state index in [2.05, 4.69) is 25.5 Å². The van der Waals surface area contributed by atoms with Crippen molar-refractivity contribution in [2.24, 2.45) is 4.99 Å². The molecule has 1 aromatic heterocycles. The number of nitrogens with zero attached hydrogens (tertiary/aromatic N) is 2. The Morgan fingerprint density at radius 3 is 2.76 bits per heavy atom. The predicted molar refractivity (Wildman–Crippen MR) is 126 cm³/mol. The number of aliphatic imine (C=N–C) groups is 1. The Morgan fingerprint density at radius 1 is 1.21 bits per heavy atom. The number of hydrogen-bond donors (Lipinski definition) is 3. The smallest absolute Gasteiger partial charge is 0.251 e. The number of amides is 1. The van der Waals surface area contributed by atoms with Gasteiger partial charge in [-0.1, -0.05) is 12.1 Å². The first kappa shape index (κ1) is 23.2. The fourth-order valence-electron chi connectivity index (χ4n) is 3.17. The number of carbonyl (C=O) groups excluding carboxylic acids is 1. The predicted octanol–water partition coefficient (Wildman–Crippen LogP) is 2.38. The molecule has 158 valence electrons. The van der Waals surface area contributed by atoms with E-state index in [0.29, 0.717) is 18.7 Å². The summed E-state index contributed by atoms with van der Waals surface area (Å²) in [5.74, 6) is 0.673. The van der Waals surface area contributed by atoms with Crippen LogP contribution < -0.4 is 16.0 Å². The quantitative estimate of drug-likeness (QED) is 0.289.